The van der Waals surface area contributed by atoms with Crippen LogP contribution in [0.2, 0.25) is 0 Å². The molecule has 4 heteroatoms. The lowest BCUT2D eigenvalue weighted by Gasteiger charge is -2.23. The summed E-state index contributed by atoms with van der Waals surface area (Å²) >= 11 is 0. The summed E-state index contributed by atoms with van der Waals surface area (Å²) in [4.78, 5) is 17.1. The highest BCUT2D eigenvalue weighted by Crippen LogP contribution is 2.27. The molecule has 0 aromatic heterocycles. The molecule has 2 rings (SSSR count). The third-order valence-electron chi connectivity index (χ3n) is 6.49. The van der Waals surface area contributed by atoms with Gasteiger partial charge in [0.2, 0.25) is 0 Å². The summed E-state index contributed by atoms with van der Waals surface area (Å²) in [7, 11) is 1.69. The minimum absolute atomic E-state index is 0.00449. The van der Waals surface area contributed by atoms with Crippen molar-refractivity contribution in [3.8, 4) is 5.75 Å². The van der Waals surface area contributed by atoms with Gasteiger partial charge in [-0.2, -0.15) is 0 Å². The maximum Gasteiger partial charge on any atom is 0.154 e. The van der Waals surface area contributed by atoms with Crippen molar-refractivity contribution in [3.63, 3.8) is 0 Å². The lowest BCUT2D eigenvalue weighted by atomic mass is 9.90. The largest absolute Gasteiger partial charge is 0.496 e. The van der Waals surface area contributed by atoms with E-state index in [-0.39, 0.29) is 11.7 Å². The molecule has 1 unspecified atom stereocenters. The summed E-state index contributed by atoms with van der Waals surface area (Å²) in [5, 5.41) is 3.45. The third-order valence-corrected chi connectivity index (χ3v) is 6.49. The van der Waals surface area contributed by atoms with Gasteiger partial charge in [0.25, 0.3) is 0 Å². The number of carbonyl (C=O) groups excluding carboxylic acids is 1. The second-order valence-corrected chi connectivity index (χ2v) is 8.96. The van der Waals surface area contributed by atoms with E-state index in [9.17, 15) is 4.79 Å². The Balaban J connectivity index is 2.39. The molecule has 0 bridgehead atoms. The predicted octanol–water partition coefficient (Wildman–Crippen LogP) is 6.57. The molecular formula is C29H42N2O2. The topological polar surface area (TPSA) is 50.7 Å². The monoisotopic (exact) mass is 450 g/mol. The zero-order valence-corrected chi connectivity index (χ0v) is 21.4. The van der Waals surface area contributed by atoms with Crippen molar-refractivity contribution in [3.05, 3.63) is 59.2 Å². The van der Waals surface area contributed by atoms with Crippen LogP contribution < -0.4 is 10.1 Å². The number of rotatable bonds is 11. The van der Waals surface area contributed by atoms with Crippen molar-refractivity contribution in [2.45, 2.75) is 66.7 Å². The Hall–Kier alpha value is -2.46. The molecule has 1 fully saturated rings. The van der Waals surface area contributed by atoms with Gasteiger partial charge in [-0.25, -0.2) is 0 Å². The Kier molecular flexibility index (Phi) is 11.3. The highest BCUT2D eigenvalue weighted by atomic mass is 16.5. The summed E-state index contributed by atoms with van der Waals surface area (Å²) in [5.41, 5.74) is 5.12. The van der Waals surface area contributed by atoms with Gasteiger partial charge in [-0.15, -0.1) is 0 Å². The molecule has 1 atom stereocenters. The van der Waals surface area contributed by atoms with E-state index in [1.165, 1.54) is 18.4 Å². The SMILES string of the molecule is C\C=C(/C=C\C(=N\C(=C/C(C)=O)c1ccc(OC)c(CC)c1)C(C)CC)CC1CCNCC1. The summed E-state index contributed by atoms with van der Waals surface area (Å²) in [6.07, 6.45) is 13.7. The van der Waals surface area contributed by atoms with E-state index in [2.05, 4.69) is 57.3 Å². The van der Waals surface area contributed by atoms with Crippen LogP contribution in [0.3, 0.4) is 0 Å². The van der Waals surface area contributed by atoms with E-state index in [1.807, 2.05) is 12.1 Å². The predicted molar refractivity (Wildman–Crippen MR) is 141 cm³/mol. The van der Waals surface area contributed by atoms with Crippen LogP contribution in [0.1, 0.15) is 71.4 Å². The molecule has 4 nitrogen and oxygen atoms in total. The zero-order chi connectivity index (χ0) is 24.2. The fourth-order valence-electron chi connectivity index (χ4n) is 4.14. The van der Waals surface area contributed by atoms with Gasteiger partial charge in [-0.1, -0.05) is 38.5 Å². The van der Waals surface area contributed by atoms with Crippen LogP contribution in [0.5, 0.6) is 5.75 Å². The van der Waals surface area contributed by atoms with Crippen LogP contribution in [0.25, 0.3) is 5.70 Å². The fourth-order valence-corrected chi connectivity index (χ4v) is 4.14. The number of ketones is 1. The summed E-state index contributed by atoms with van der Waals surface area (Å²) < 4.78 is 5.48. The van der Waals surface area contributed by atoms with Crippen LogP contribution in [-0.4, -0.2) is 31.7 Å². The first-order chi connectivity index (χ1) is 15.9. The molecule has 1 aliphatic heterocycles. The summed E-state index contributed by atoms with van der Waals surface area (Å²) in [6.45, 7) is 12.4. The molecule has 1 aliphatic rings. The first-order valence-electron chi connectivity index (χ1n) is 12.4. The van der Waals surface area contributed by atoms with Crippen molar-refractivity contribution in [2.24, 2.45) is 16.8 Å². The molecular weight excluding hydrogens is 408 g/mol. The Bertz CT molecular complexity index is 902. The Morgan fingerprint density at radius 1 is 1.24 bits per heavy atom. The number of aliphatic imine (C=N–C) groups is 1. The molecule has 1 aromatic rings. The first-order valence-corrected chi connectivity index (χ1v) is 12.4. The van der Waals surface area contributed by atoms with Crippen molar-refractivity contribution < 1.29 is 9.53 Å². The van der Waals surface area contributed by atoms with Gasteiger partial charge >= 0.3 is 0 Å². The molecule has 1 heterocycles. The smallest absolute Gasteiger partial charge is 0.154 e. The average molecular weight is 451 g/mol. The van der Waals surface area contributed by atoms with Gasteiger partial charge in [0.1, 0.15) is 5.75 Å². The van der Waals surface area contributed by atoms with Crippen LogP contribution in [0.4, 0.5) is 0 Å². The maximum absolute atomic E-state index is 12.1. The van der Waals surface area contributed by atoms with E-state index in [1.54, 1.807) is 20.1 Å². The fraction of sp³-hybridized carbons (Fsp3) is 0.517. The second kappa shape index (κ2) is 13.9. The molecule has 0 radical (unpaired) electrons. The molecule has 0 amide bonds. The van der Waals surface area contributed by atoms with Crippen LogP contribution in [0.15, 0.2) is 53.1 Å². The van der Waals surface area contributed by atoms with Crippen molar-refractivity contribution in [1.29, 1.82) is 0 Å². The van der Waals surface area contributed by atoms with Gasteiger partial charge in [0.05, 0.1) is 12.8 Å². The standard InChI is InChI=1S/C29H42N2O2/c1-7-21(4)27(12-10-23(8-2)19-24-14-16-30-17-15-24)31-28(18-22(5)32)26-11-13-29(33-6)25(9-3)20-26/h8,10-13,18,20-21,24,30H,7,9,14-17,19H2,1-6H3/b12-10-,23-8+,28-18-,31-27-. The van der Waals surface area contributed by atoms with Crippen molar-refractivity contribution >= 4 is 17.2 Å². The lowest BCUT2D eigenvalue weighted by Crippen LogP contribution is -2.27. The number of hydrogen-bond acceptors (Lipinski definition) is 4. The lowest BCUT2D eigenvalue weighted by molar-refractivity contribution is -0.112. The number of allylic oxidation sites excluding steroid dienone is 5. The summed E-state index contributed by atoms with van der Waals surface area (Å²) in [5.74, 6) is 1.89. The maximum atomic E-state index is 12.1. The molecule has 1 N–H and O–H groups in total. The zero-order valence-electron chi connectivity index (χ0n) is 21.4. The number of ether oxygens (including phenoxy) is 1. The van der Waals surface area contributed by atoms with Crippen molar-refractivity contribution in [2.75, 3.05) is 20.2 Å². The molecule has 33 heavy (non-hydrogen) atoms. The average Bonchev–Trinajstić information content (AvgIpc) is 2.84. The van der Waals surface area contributed by atoms with Crippen LogP contribution in [-0.2, 0) is 11.2 Å². The molecule has 1 saturated heterocycles. The van der Waals surface area contributed by atoms with Gasteiger partial charge in [-0.3, -0.25) is 9.79 Å². The molecule has 1 aromatic carbocycles. The minimum atomic E-state index is -0.00449. The molecule has 180 valence electrons. The number of methoxy groups -OCH3 is 1. The Morgan fingerprint density at radius 3 is 2.55 bits per heavy atom. The van der Waals surface area contributed by atoms with E-state index >= 15 is 0 Å². The minimum Gasteiger partial charge on any atom is -0.496 e. The Labute approximate surface area is 200 Å². The van der Waals surface area contributed by atoms with Gasteiger partial charge < -0.3 is 10.1 Å². The summed E-state index contributed by atoms with van der Waals surface area (Å²) in [6, 6.07) is 6.04. The van der Waals surface area contributed by atoms with E-state index in [0.29, 0.717) is 5.70 Å². The normalized spacial score (nSPS) is 17.5. The number of benzene rings is 1. The van der Waals surface area contributed by atoms with Crippen molar-refractivity contribution in [1.82, 2.24) is 5.32 Å². The van der Waals surface area contributed by atoms with Crippen LogP contribution in [0, 0.1) is 11.8 Å². The Morgan fingerprint density at radius 2 is 1.97 bits per heavy atom. The number of carbonyl (C=O) groups is 1. The third kappa shape index (κ3) is 8.43. The molecule has 0 spiro atoms. The number of piperidine rings is 1. The van der Waals surface area contributed by atoms with E-state index in [4.69, 9.17) is 9.73 Å². The number of nitrogens with zero attached hydrogens (tertiary/aromatic N) is 1. The quantitative estimate of drug-likeness (QED) is 0.236. The highest BCUT2D eigenvalue weighted by Gasteiger charge is 2.15. The van der Waals surface area contributed by atoms with Crippen LogP contribution >= 0.6 is 0 Å². The number of nitrogens with one attached hydrogen (secondary N) is 1. The number of hydrogen-bond donors (Lipinski definition) is 1. The second-order valence-electron chi connectivity index (χ2n) is 8.96. The van der Waals surface area contributed by atoms with Gasteiger partial charge in [0.15, 0.2) is 5.78 Å². The van der Waals surface area contributed by atoms with Gasteiger partial charge in [-0.05, 0) is 101 Å². The van der Waals surface area contributed by atoms with Gasteiger partial charge in [0, 0.05) is 17.4 Å². The first kappa shape index (κ1) is 26.8. The number of aryl methyl sites for hydroxylation is 1. The van der Waals surface area contributed by atoms with E-state index < -0.39 is 0 Å². The van der Waals surface area contributed by atoms with E-state index in [0.717, 1.165) is 60.9 Å². The molecule has 0 saturated carbocycles. The highest BCUT2D eigenvalue weighted by molar-refractivity contribution is 6.03. The molecule has 0 aliphatic carbocycles.